The average molecular weight is 631 g/mol. The third-order valence-corrected chi connectivity index (χ3v) is 9.89. The molecule has 1 atom stereocenters. The van der Waals surface area contributed by atoms with Crippen LogP contribution in [0.1, 0.15) is 15.9 Å². The fourth-order valence-electron chi connectivity index (χ4n) is 4.97. The first-order valence-electron chi connectivity index (χ1n) is 12.6. The number of ether oxygens (including phenoxy) is 1. The number of benzene rings is 3. The van der Waals surface area contributed by atoms with Crippen LogP contribution in [0.5, 0.6) is 0 Å². The van der Waals surface area contributed by atoms with Crippen molar-refractivity contribution in [2.45, 2.75) is 11.4 Å². The van der Waals surface area contributed by atoms with Gasteiger partial charge in [-0.25, -0.2) is 22.0 Å². The second kappa shape index (κ2) is 10.2. The predicted octanol–water partition coefficient (Wildman–Crippen LogP) is 3.16. The lowest BCUT2D eigenvalue weighted by Gasteiger charge is -2.35. The van der Waals surface area contributed by atoms with E-state index < -0.39 is 55.4 Å². The maximum atomic E-state index is 14.2. The van der Waals surface area contributed by atoms with Crippen molar-refractivity contribution >= 4 is 54.9 Å². The van der Waals surface area contributed by atoms with Crippen molar-refractivity contribution < 1.29 is 44.7 Å². The number of nitrogens with one attached hydrogen (secondary N) is 2. The highest BCUT2D eigenvalue weighted by Crippen LogP contribution is 2.40. The monoisotopic (exact) mass is 630 g/mol. The molecule has 0 aliphatic carbocycles. The molecule has 222 valence electrons. The molecule has 1 saturated heterocycles. The van der Waals surface area contributed by atoms with E-state index >= 15 is 0 Å². The van der Waals surface area contributed by atoms with Crippen molar-refractivity contribution in [1.29, 1.82) is 0 Å². The number of carbonyl (C=O) groups excluding carboxylic acids is 3. The SMILES string of the molecule is O=C1c2cc(F)ccc2N(Cc2ccc(F)cc2)C(=O)C1C1=CS(=O)(=O)c2cc(NS(=O)(=O)N3CCOC3=O)ccc2N1. The number of fused-ring (bicyclic) bond motifs is 2. The van der Waals surface area contributed by atoms with E-state index in [2.05, 4.69) is 14.8 Å². The molecule has 6 rings (SSSR count). The molecule has 16 heteroatoms. The van der Waals surface area contributed by atoms with E-state index in [1.165, 1.54) is 47.4 Å². The fraction of sp³-hybridized carbons (Fsp3) is 0.148. The van der Waals surface area contributed by atoms with E-state index in [1.807, 2.05) is 0 Å². The highest BCUT2D eigenvalue weighted by molar-refractivity contribution is 7.94. The Morgan fingerprint density at radius 2 is 1.70 bits per heavy atom. The van der Waals surface area contributed by atoms with Crippen molar-refractivity contribution in [3.8, 4) is 0 Å². The quantitative estimate of drug-likeness (QED) is 0.390. The molecule has 3 heterocycles. The predicted molar refractivity (Wildman–Crippen MR) is 148 cm³/mol. The Kier molecular flexibility index (Phi) is 6.69. The van der Waals surface area contributed by atoms with Crippen molar-refractivity contribution in [1.82, 2.24) is 4.31 Å². The lowest BCUT2D eigenvalue weighted by molar-refractivity contribution is -0.120. The van der Waals surface area contributed by atoms with Crippen LogP contribution in [0.3, 0.4) is 0 Å². The zero-order chi connectivity index (χ0) is 30.7. The number of sulfone groups is 1. The minimum atomic E-state index is -4.40. The van der Waals surface area contributed by atoms with E-state index in [4.69, 9.17) is 0 Å². The van der Waals surface area contributed by atoms with Gasteiger partial charge < -0.3 is 15.0 Å². The summed E-state index contributed by atoms with van der Waals surface area (Å²) in [5.74, 6) is -4.58. The maximum Gasteiger partial charge on any atom is 0.425 e. The number of Topliss-reactive ketones (excluding diaryl/α,β-unsaturated/α-hetero) is 1. The van der Waals surface area contributed by atoms with E-state index in [-0.39, 0.29) is 52.9 Å². The Bertz CT molecular complexity index is 1960. The van der Waals surface area contributed by atoms with E-state index in [9.17, 15) is 40.0 Å². The molecule has 1 fully saturated rings. The summed E-state index contributed by atoms with van der Waals surface area (Å²) in [5, 5.41) is 3.47. The molecular formula is C27H20F2N4O8S2. The fourth-order valence-corrected chi connectivity index (χ4v) is 7.45. The number of rotatable bonds is 6. The number of carbonyl (C=O) groups is 3. The number of amides is 2. The van der Waals surface area contributed by atoms with Gasteiger partial charge in [-0.15, -0.1) is 0 Å². The number of nitrogens with zero attached hydrogens (tertiary/aromatic N) is 2. The van der Waals surface area contributed by atoms with Gasteiger partial charge in [0.2, 0.25) is 15.7 Å². The summed E-state index contributed by atoms with van der Waals surface area (Å²) in [5.41, 5.74) is -0.0797. The Morgan fingerprint density at radius 3 is 2.40 bits per heavy atom. The minimum absolute atomic E-state index is 0.0586. The van der Waals surface area contributed by atoms with Gasteiger partial charge in [0.05, 0.1) is 40.5 Å². The van der Waals surface area contributed by atoms with E-state index in [0.717, 1.165) is 18.2 Å². The van der Waals surface area contributed by atoms with Crippen LogP contribution in [0.2, 0.25) is 0 Å². The topological polar surface area (TPSA) is 159 Å². The molecule has 0 radical (unpaired) electrons. The Morgan fingerprint density at radius 1 is 0.977 bits per heavy atom. The van der Waals surface area contributed by atoms with Crippen molar-refractivity contribution in [2.24, 2.45) is 5.92 Å². The number of halogens is 2. The van der Waals surface area contributed by atoms with Crippen LogP contribution in [0.4, 0.5) is 30.6 Å². The van der Waals surface area contributed by atoms with E-state index in [1.54, 1.807) is 0 Å². The summed E-state index contributed by atoms with van der Waals surface area (Å²) >= 11 is 0. The summed E-state index contributed by atoms with van der Waals surface area (Å²) in [6.07, 6.45) is -1.08. The Balaban J connectivity index is 1.35. The second-order valence-corrected chi connectivity index (χ2v) is 13.1. The van der Waals surface area contributed by atoms with Gasteiger partial charge in [-0.1, -0.05) is 12.1 Å². The van der Waals surface area contributed by atoms with Gasteiger partial charge in [0, 0.05) is 11.3 Å². The van der Waals surface area contributed by atoms with Crippen LogP contribution in [0, 0.1) is 17.6 Å². The molecule has 3 aliphatic heterocycles. The van der Waals surface area contributed by atoms with Crippen LogP contribution >= 0.6 is 0 Å². The maximum absolute atomic E-state index is 14.2. The second-order valence-electron chi connectivity index (χ2n) is 9.76. The first-order valence-corrected chi connectivity index (χ1v) is 15.6. The third-order valence-electron chi connectivity index (χ3n) is 6.96. The van der Waals surface area contributed by atoms with Gasteiger partial charge >= 0.3 is 16.3 Å². The lowest BCUT2D eigenvalue weighted by atomic mass is 9.87. The Hall–Kier alpha value is -4.83. The average Bonchev–Trinajstić information content (AvgIpc) is 3.39. The first-order chi connectivity index (χ1) is 20.3. The summed E-state index contributed by atoms with van der Waals surface area (Å²) < 4.78 is 86.8. The molecule has 0 bridgehead atoms. The van der Waals surface area contributed by atoms with Crippen LogP contribution in [-0.2, 0) is 36.1 Å². The van der Waals surface area contributed by atoms with Crippen molar-refractivity contribution in [3.05, 3.63) is 94.5 Å². The summed E-state index contributed by atoms with van der Waals surface area (Å²) in [7, 11) is -8.77. The van der Waals surface area contributed by atoms with Crippen LogP contribution in [0.25, 0.3) is 0 Å². The number of hydrogen-bond acceptors (Lipinski definition) is 9. The molecule has 43 heavy (non-hydrogen) atoms. The van der Waals surface area contributed by atoms with Gasteiger partial charge in [-0.2, -0.15) is 12.7 Å². The van der Waals surface area contributed by atoms with Gasteiger partial charge in [-0.05, 0) is 54.1 Å². The van der Waals surface area contributed by atoms with Crippen LogP contribution in [-0.4, -0.2) is 52.1 Å². The number of ketones is 1. The first kappa shape index (κ1) is 28.3. The smallest absolute Gasteiger partial charge is 0.425 e. The van der Waals surface area contributed by atoms with Gasteiger partial charge in [-0.3, -0.25) is 14.3 Å². The molecule has 0 spiro atoms. The van der Waals surface area contributed by atoms with Gasteiger partial charge in [0.1, 0.15) is 24.2 Å². The number of anilines is 3. The van der Waals surface area contributed by atoms with Gasteiger partial charge in [0.25, 0.3) is 0 Å². The normalized spacial score (nSPS) is 19.3. The molecule has 0 aromatic heterocycles. The minimum Gasteiger partial charge on any atom is -0.447 e. The van der Waals surface area contributed by atoms with Gasteiger partial charge in [0.15, 0.2) is 5.78 Å². The zero-order valence-corrected chi connectivity index (χ0v) is 23.4. The zero-order valence-electron chi connectivity index (χ0n) is 21.8. The molecule has 2 N–H and O–H groups in total. The molecule has 1 unspecified atom stereocenters. The number of cyclic esters (lactones) is 1. The van der Waals surface area contributed by atoms with Crippen molar-refractivity contribution in [3.63, 3.8) is 0 Å². The van der Waals surface area contributed by atoms with Crippen LogP contribution in [0.15, 0.2) is 76.7 Å². The molecule has 3 aromatic carbocycles. The molecule has 3 aliphatic rings. The molecule has 3 aromatic rings. The third kappa shape index (κ3) is 5.08. The van der Waals surface area contributed by atoms with Crippen LogP contribution < -0.4 is 14.9 Å². The molecular weight excluding hydrogens is 610 g/mol. The van der Waals surface area contributed by atoms with Crippen molar-refractivity contribution in [2.75, 3.05) is 28.1 Å². The molecule has 12 nitrogen and oxygen atoms in total. The Labute approximate surface area is 243 Å². The standard InChI is InChI=1S/C27H20F2N4O8S2/c28-16-3-1-15(2-4-16)13-32-22-8-5-17(29)11-19(22)25(34)24(26(32)35)21-14-42(37,38)23-12-18(6-7-20(23)30-21)31-43(39,40)33-9-10-41-27(33)36/h1-8,11-12,14,24,30-31H,9-10,13H2. The molecule has 0 saturated carbocycles. The van der Waals surface area contributed by atoms with E-state index in [0.29, 0.717) is 15.3 Å². The highest BCUT2D eigenvalue weighted by Gasteiger charge is 2.44. The summed E-state index contributed by atoms with van der Waals surface area (Å²) in [4.78, 5) is 39.9. The molecule has 2 amide bonds. The highest BCUT2D eigenvalue weighted by atomic mass is 32.2. The largest absolute Gasteiger partial charge is 0.447 e. The summed E-state index contributed by atoms with van der Waals surface area (Å²) in [6.45, 7) is -0.473. The number of hydrogen-bond donors (Lipinski definition) is 2. The summed E-state index contributed by atoms with van der Waals surface area (Å²) in [6, 6.07) is 12.0. The lowest BCUT2D eigenvalue weighted by Crippen LogP contribution is -2.46.